The van der Waals surface area contributed by atoms with Crippen LogP contribution in [0, 0.1) is 57.7 Å². The van der Waals surface area contributed by atoms with E-state index in [1.807, 2.05) is 6.92 Å². The van der Waals surface area contributed by atoms with E-state index in [1.165, 1.54) is 0 Å². The first-order valence-electron chi connectivity index (χ1n) is 15.1. The monoisotopic (exact) mass is 536 g/mol. The number of esters is 3. The van der Waals surface area contributed by atoms with Gasteiger partial charge in [-0.2, -0.15) is 0 Å². The molecule has 0 spiro atoms. The summed E-state index contributed by atoms with van der Waals surface area (Å²) >= 11 is 0. The SMILES string of the molecule is CC(CC(O)CC12C=CC(C1)CC2(C(=O)OC(=O)C1CC2C=CC1C2)C(C)(C)C)OC(=O)C1CC2C=CC1C2. The summed E-state index contributed by atoms with van der Waals surface area (Å²) in [6.45, 7) is 8.00. The molecule has 6 heteroatoms. The molecule has 11 atom stereocenters. The van der Waals surface area contributed by atoms with Gasteiger partial charge in [-0.25, -0.2) is 0 Å². The Balaban J connectivity index is 1.14. The molecule has 0 aromatic rings. The van der Waals surface area contributed by atoms with Crippen LogP contribution in [0.4, 0.5) is 0 Å². The topological polar surface area (TPSA) is 89.9 Å². The van der Waals surface area contributed by atoms with Crippen LogP contribution in [0.2, 0.25) is 0 Å². The second kappa shape index (κ2) is 9.43. The second-order valence-corrected chi connectivity index (χ2v) is 14.7. The molecule has 0 aromatic carbocycles. The molecule has 6 bridgehead atoms. The molecule has 6 aliphatic rings. The van der Waals surface area contributed by atoms with Crippen LogP contribution < -0.4 is 0 Å². The number of hydrogen-bond acceptors (Lipinski definition) is 6. The van der Waals surface area contributed by atoms with E-state index in [9.17, 15) is 19.5 Å². The number of carbonyl (C=O) groups excluding carboxylic acids is 3. The van der Waals surface area contributed by atoms with E-state index in [2.05, 4.69) is 57.2 Å². The van der Waals surface area contributed by atoms with Crippen LogP contribution in [0.1, 0.15) is 79.1 Å². The molecule has 0 saturated heterocycles. The third-order valence-corrected chi connectivity index (χ3v) is 11.2. The third-order valence-electron chi connectivity index (χ3n) is 11.2. The van der Waals surface area contributed by atoms with Crippen molar-refractivity contribution >= 4 is 17.9 Å². The van der Waals surface area contributed by atoms with Gasteiger partial charge in [-0.1, -0.05) is 57.2 Å². The van der Waals surface area contributed by atoms with Crippen molar-refractivity contribution in [1.82, 2.24) is 0 Å². The van der Waals surface area contributed by atoms with Crippen molar-refractivity contribution in [2.24, 2.45) is 57.7 Å². The number of aliphatic hydroxyl groups is 1. The van der Waals surface area contributed by atoms with Crippen molar-refractivity contribution in [3.05, 3.63) is 36.5 Å². The van der Waals surface area contributed by atoms with E-state index in [0.717, 1.165) is 32.1 Å². The molecule has 6 rings (SSSR count). The van der Waals surface area contributed by atoms with Crippen molar-refractivity contribution in [3.63, 3.8) is 0 Å². The Hall–Kier alpha value is -2.21. The highest BCUT2D eigenvalue weighted by Gasteiger charge is 2.69. The van der Waals surface area contributed by atoms with Gasteiger partial charge in [0.15, 0.2) is 0 Å². The van der Waals surface area contributed by atoms with Gasteiger partial charge in [0.1, 0.15) is 6.10 Å². The largest absolute Gasteiger partial charge is 0.462 e. The Morgan fingerprint density at radius 3 is 2.00 bits per heavy atom. The molecule has 0 amide bonds. The number of ether oxygens (including phenoxy) is 2. The average Bonchev–Trinajstić information content (AvgIpc) is 3.69. The van der Waals surface area contributed by atoms with Gasteiger partial charge in [0.05, 0.1) is 23.4 Å². The van der Waals surface area contributed by atoms with E-state index in [1.54, 1.807) is 0 Å². The zero-order valence-electron chi connectivity index (χ0n) is 23.8. The van der Waals surface area contributed by atoms with Gasteiger partial charge < -0.3 is 14.6 Å². The molecule has 6 aliphatic carbocycles. The standard InChI is InChI=1S/C33H44O6/c1-19(38-28(35)26-14-20-5-7-23(26)12-20)11-25(34)18-32-10-9-22(16-32)17-33(32,31(2,3)4)30(37)39-29(36)27-15-21-6-8-24(27)13-21/h5-10,19-27,34H,11-18H2,1-4H3. The van der Waals surface area contributed by atoms with Crippen molar-refractivity contribution < 1.29 is 29.0 Å². The highest BCUT2D eigenvalue weighted by atomic mass is 16.6. The molecule has 1 N–H and O–H groups in total. The van der Waals surface area contributed by atoms with Crippen LogP contribution in [0.3, 0.4) is 0 Å². The predicted molar refractivity (Wildman–Crippen MR) is 146 cm³/mol. The summed E-state index contributed by atoms with van der Waals surface area (Å²) in [7, 11) is 0. The summed E-state index contributed by atoms with van der Waals surface area (Å²) in [6, 6.07) is 0. The minimum absolute atomic E-state index is 0.0713. The Labute approximate surface area is 232 Å². The number of fused-ring (bicyclic) bond motifs is 6. The van der Waals surface area contributed by atoms with Gasteiger partial charge in [0.25, 0.3) is 0 Å². The molecule has 212 valence electrons. The van der Waals surface area contributed by atoms with Crippen LogP contribution in [-0.2, 0) is 23.9 Å². The Morgan fingerprint density at radius 2 is 1.49 bits per heavy atom. The first-order chi connectivity index (χ1) is 18.4. The lowest BCUT2D eigenvalue weighted by Gasteiger charge is -2.51. The van der Waals surface area contributed by atoms with E-state index in [0.29, 0.717) is 31.1 Å². The maximum absolute atomic E-state index is 14.1. The normalized spacial score (nSPS) is 42.3. The van der Waals surface area contributed by atoms with Crippen molar-refractivity contribution in [2.45, 2.75) is 91.3 Å². The van der Waals surface area contributed by atoms with Crippen LogP contribution in [0.15, 0.2) is 36.5 Å². The minimum Gasteiger partial charge on any atom is -0.462 e. The zero-order chi connectivity index (χ0) is 27.7. The summed E-state index contributed by atoms with van der Waals surface area (Å²) in [4.78, 5) is 40.1. The fourth-order valence-corrected chi connectivity index (χ4v) is 9.53. The molecule has 0 radical (unpaired) electrons. The number of rotatable bonds is 8. The van der Waals surface area contributed by atoms with Gasteiger partial charge in [-0.05, 0) is 86.9 Å². The first-order valence-corrected chi connectivity index (χ1v) is 15.1. The molecule has 11 unspecified atom stereocenters. The van der Waals surface area contributed by atoms with Gasteiger partial charge in [-0.3, -0.25) is 14.4 Å². The van der Waals surface area contributed by atoms with Crippen LogP contribution in [-0.4, -0.2) is 35.2 Å². The molecular formula is C33H44O6. The number of hydrogen-bond donors (Lipinski definition) is 1. The molecule has 6 nitrogen and oxygen atoms in total. The van der Waals surface area contributed by atoms with E-state index in [4.69, 9.17) is 9.47 Å². The molecule has 39 heavy (non-hydrogen) atoms. The third kappa shape index (κ3) is 4.36. The molecule has 0 aromatic heterocycles. The fourth-order valence-electron chi connectivity index (χ4n) is 9.53. The maximum atomic E-state index is 14.1. The Bertz CT molecular complexity index is 1130. The predicted octanol–water partition coefficient (Wildman–Crippen LogP) is 5.55. The summed E-state index contributed by atoms with van der Waals surface area (Å²) < 4.78 is 11.6. The van der Waals surface area contributed by atoms with Crippen LogP contribution in [0.25, 0.3) is 0 Å². The molecular weight excluding hydrogens is 492 g/mol. The average molecular weight is 537 g/mol. The van der Waals surface area contributed by atoms with Gasteiger partial charge in [0.2, 0.25) is 0 Å². The summed E-state index contributed by atoms with van der Waals surface area (Å²) in [6.07, 6.45) is 17.4. The van der Waals surface area contributed by atoms with Gasteiger partial charge in [0, 0.05) is 11.8 Å². The number of allylic oxidation sites excluding steroid dienone is 6. The lowest BCUT2D eigenvalue weighted by Crippen LogP contribution is -2.54. The maximum Gasteiger partial charge on any atom is 0.321 e. The van der Waals surface area contributed by atoms with Crippen LogP contribution in [0.5, 0.6) is 0 Å². The van der Waals surface area contributed by atoms with Gasteiger partial charge in [-0.15, -0.1) is 0 Å². The van der Waals surface area contributed by atoms with Crippen LogP contribution >= 0.6 is 0 Å². The van der Waals surface area contributed by atoms with Gasteiger partial charge >= 0.3 is 17.9 Å². The first kappa shape index (κ1) is 27.0. The van der Waals surface area contributed by atoms with Crippen molar-refractivity contribution in [1.29, 1.82) is 0 Å². The van der Waals surface area contributed by atoms with Crippen molar-refractivity contribution in [3.8, 4) is 0 Å². The molecule has 3 fully saturated rings. The lowest BCUT2D eigenvalue weighted by molar-refractivity contribution is -0.183. The molecule has 0 aliphatic heterocycles. The number of aliphatic hydroxyl groups excluding tert-OH is 1. The summed E-state index contributed by atoms with van der Waals surface area (Å²) in [5.41, 5.74) is -2.01. The Morgan fingerprint density at radius 1 is 0.872 bits per heavy atom. The smallest absolute Gasteiger partial charge is 0.321 e. The quantitative estimate of drug-likeness (QED) is 0.248. The minimum atomic E-state index is -0.918. The summed E-state index contributed by atoms with van der Waals surface area (Å²) in [5.74, 6) is 0.296. The van der Waals surface area contributed by atoms with Crippen molar-refractivity contribution in [2.75, 3.05) is 0 Å². The number of carbonyl (C=O) groups is 3. The summed E-state index contributed by atoms with van der Waals surface area (Å²) in [5, 5.41) is 11.3. The fraction of sp³-hybridized carbons (Fsp3) is 0.727. The Kier molecular flexibility index (Phi) is 6.52. The lowest BCUT2D eigenvalue weighted by atomic mass is 9.51. The van der Waals surface area contributed by atoms with E-state index < -0.39 is 34.4 Å². The molecule has 0 heterocycles. The molecule has 3 saturated carbocycles. The van der Waals surface area contributed by atoms with E-state index >= 15 is 0 Å². The zero-order valence-corrected chi connectivity index (χ0v) is 23.8. The van der Waals surface area contributed by atoms with E-state index in [-0.39, 0.29) is 41.5 Å². The second-order valence-electron chi connectivity index (χ2n) is 14.7. The highest BCUT2D eigenvalue weighted by Crippen LogP contribution is 2.69. The highest BCUT2D eigenvalue weighted by molar-refractivity contribution is 5.92.